The Hall–Kier alpha value is -2.10. The molecule has 4 heteroatoms. The summed E-state index contributed by atoms with van der Waals surface area (Å²) in [4.78, 5) is 21.5. The maximum absolute atomic E-state index is 10.8. The molecule has 0 fully saturated rings. The van der Waals surface area contributed by atoms with Crippen molar-refractivity contribution in [2.75, 3.05) is 13.2 Å². The standard InChI is InChI=1S/C14H16O4/c1-11(15)17-9-8-14(10-18-12(2)16)13-6-4-3-5-7-13/h3-8H,9-10H2,1-2H3/b14-8-. The molecule has 0 bridgehead atoms. The van der Waals surface area contributed by atoms with Crippen LogP contribution in [0.2, 0.25) is 0 Å². The first kappa shape index (κ1) is 14.0. The summed E-state index contributed by atoms with van der Waals surface area (Å²) >= 11 is 0. The van der Waals surface area contributed by atoms with Gasteiger partial charge in [-0.05, 0) is 17.2 Å². The number of rotatable bonds is 5. The number of esters is 2. The SMILES string of the molecule is CC(=O)OC/C=C(/COC(C)=O)c1ccccc1. The van der Waals surface area contributed by atoms with E-state index < -0.39 is 0 Å². The molecule has 1 aromatic rings. The molecule has 0 heterocycles. The molecular weight excluding hydrogens is 232 g/mol. The van der Waals surface area contributed by atoms with Crippen LogP contribution in [-0.4, -0.2) is 25.2 Å². The van der Waals surface area contributed by atoms with Gasteiger partial charge in [0.2, 0.25) is 0 Å². The highest BCUT2D eigenvalue weighted by atomic mass is 16.5. The fourth-order valence-electron chi connectivity index (χ4n) is 1.35. The summed E-state index contributed by atoms with van der Waals surface area (Å²) in [6.07, 6.45) is 1.74. The fraction of sp³-hybridized carbons (Fsp3) is 0.286. The van der Waals surface area contributed by atoms with Gasteiger partial charge >= 0.3 is 11.9 Å². The van der Waals surface area contributed by atoms with Crippen LogP contribution in [-0.2, 0) is 19.1 Å². The van der Waals surface area contributed by atoms with Gasteiger partial charge < -0.3 is 9.47 Å². The molecule has 0 atom stereocenters. The van der Waals surface area contributed by atoms with Gasteiger partial charge in [-0.25, -0.2) is 0 Å². The largest absolute Gasteiger partial charge is 0.462 e. The Balaban J connectivity index is 2.74. The minimum absolute atomic E-state index is 0.167. The maximum Gasteiger partial charge on any atom is 0.302 e. The van der Waals surface area contributed by atoms with E-state index >= 15 is 0 Å². The van der Waals surface area contributed by atoms with E-state index in [9.17, 15) is 9.59 Å². The highest BCUT2D eigenvalue weighted by Gasteiger charge is 2.03. The van der Waals surface area contributed by atoms with Crippen molar-refractivity contribution in [3.05, 3.63) is 42.0 Å². The molecule has 0 amide bonds. The second-order valence-electron chi connectivity index (χ2n) is 3.68. The molecule has 0 saturated carbocycles. The molecule has 0 spiro atoms. The topological polar surface area (TPSA) is 52.6 Å². The lowest BCUT2D eigenvalue weighted by Crippen LogP contribution is -2.05. The lowest BCUT2D eigenvalue weighted by atomic mass is 10.1. The van der Waals surface area contributed by atoms with Crippen molar-refractivity contribution in [2.24, 2.45) is 0 Å². The van der Waals surface area contributed by atoms with Gasteiger partial charge in [0.25, 0.3) is 0 Å². The third kappa shape index (κ3) is 5.30. The van der Waals surface area contributed by atoms with Crippen LogP contribution in [0.25, 0.3) is 5.57 Å². The number of benzene rings is 1. The summed E-state index contributed by atoms with van der Waals surface area (Å²) in [5.74, 6) is -0.685. The average molecular weight is 248 g/mol. The molecule has 18 heavy (non-hydrogen) atoms. The van der Waals surface area contributed by atoms with Crippen molar-refractivity contribution in [2.45, 2.75) is 13.8 Å². The zero-order valence-corrected chi connectivity index (χ0v) is 10.5. The van der Waals surface area contributed by atoms with Crippen molar-refractivity contribution >= 4 is 17.5 Å². The summed E-state index contributed by atoms with van der Waals surface area (Å²) in [7, 11) is 0. The van der Waals surface area contributed by atoms with Crippen LogP contribution >= 0.6 is 0 Å². The first-order valence-electron chi connectivity index (χ1n) is 5.61. The molecule has 0 unspecified atom stereocenters. The highest BCUT2D eigenvalue weighted by molar-refractivity contribution is 5.71. The molecule has 0 radical (unpaired) electrons. The summed E-state index contributed by atoms with van der Waals surface area (Å²) in [5.41, 5.74) is 1.75. The number of carbonyl (C=O) groups is 2. The van der Waals surface area contributed by atoms with Gasteiger partial charge in [0.05, 0.1) is 0 Å². The number of hydrogen-bond acceptors (Lipinski definition) is 4. The van der Waals surface area contributed by atoms with E-state index in [1.807, 2.05) is 30.3 Å². The van der Waals surface area contributed by atoms with Crippen LogP contribution in [0.15, 0.2) is 36.4 Å². The van der Waals surface area contributed by atoms with Gasteiger partial charge in [0, 0.05) is 13.8 Å². The average Bonchev–Trinajstić information content (AvgIpc) is 2.34. The minimum atomic E-state index is -0.343. The van der Waals surface area contributed by atoms with Crippen LogP contribution < -0.4 is 0 Å². The Morgan fingerprint density at radius 3 is 2.22 bits per heavy atom. The number of ether oxygens (including phenoxy) is 2. The molecule has 0 aliphatic rings. The van der Waals surface area contributed by atoms with Crippen LogP contribution in [0.3, 0.4) is 0 Å². The summed E-state index contributed by atoms with van der Waals surface area (Å²) in [6.45, 7) is 3.04. The lowest BCUT2D eigenvalue weighted by molar-refractivity contribution is -0.140. The van der Waals surface area contributed by atoms with E-state index in [2.05, 4.69) is 0 Å². The number of hydrogen-bond donors (Lipinski definition) is 0. The Bertz CT molecular complexity index is 434. The van der Waals surface area contributed by atoms with Gasteiger partial charge in [-0.2, -0.15) is 0 Å². The first-order valence-corrected chi connectivity index (χ1v) is 5.61. The van der Waals surface area contributed by atoms with Gasteiger partial charge in [-0.15, -0.1) is 0 Å². The molecule has 0 aliphatic carbocycles. The normalized spacial score (nSPS) is 10.9. The predicted octanol–water partition coefficient (Wildman–Crippen LogP) is 2.20. The lowest BCUT2D eigenvalue weighted by Gasteiger charge is -2.08. The quantitative estimate of drug-likeness (QED) is 0.749. The monoisotopic (exact) mass is 248 g/mol. The van der Waals surface area contributed by atoms with Crippen molar-refractivity contribution in [1.82, 2.24) is 0 Å². The van der Waals surface area contributed by atoms with E-state index in [1.165, 1.54) is 13.8 Å². The Morgan fingerprint density at radius 1 is 1.06 bits per heavy atom. The zero-order chi connectivity index (χ0) is 13.4. The first-order chi connectivity index (χ1) is 8.59. The Labute approximate surface area is 106 Å². The summed E-state index contributed by atoms with van der Waals surface area (Å²) < 4.78 is 9.81. The smallest absolute Gasteiger partial charge is 0.302 e. The predicted molar refractivity (Wildman–Crippen MR) is 67.7 cm³/mol. The third-order valence-electron chi connectivity index (χ3n) is 2.19. The van der Waals surface area contributed by atoms with Crippen LogP contribution in [0.5, 0.6) is 0 Å². The molecule has 1 aromatic carbocycles. The minimum Gasteiger partial charge on any atom is -0.462 e. The molecule has 4 nitrogen and oxygen atoms in total. The van der Waals surface area contributed by atoms with Crippen LogP contribution in [0.4, 0.5) is 0 Å². The second kappa shape index (κ2) is 7.27. The summed E-state index contributed by atoms with van der Waals surface area (Å²) in [6, 6.07) is 9.50. The van der Waals surface area contributed by atoms with E-state index in [0.29, 0.717) is 0 Å². The second-order valence-corrected chi connectivity index (χ2v) is 3.68. The van der Waals surface area contributed by atoms with Crippen molar-refractivity contribution in [1.29, 1.82) is 0 Å². The molecular formula is C14H16O4. The van der Waals surface area contributed by atoms with E-state index in [0.717, 1.165) is 11.1 Å². The highest BCUT2D eigenvalue weighted by Crippen LogP contribution is 2.14. The van der Waals surface area contributed by atoms with Crippen molar-refractivity contribution in [3.8, 4) is 0 Å². The zero-order valence-electron chi connectivity index (χ0n) is 10.5. The summed E-state index contributed by atoms with van der Waals surface area (Å²) in [5, 5.41) is 0. The molecule has 0 N–H and O–H groups in total. The van der Waals surface area contributed by atoms with Gasteiger partial charge in [-0.1, -0.05) is 30.3 Å². The van der Waals surface area contributed by atoms with Crippen molar-refractivity contribution < 1.29 is 19.1 Å². The molecule has 0 aliphatic heterocycles. The molecule has 1 rings (SSSR count). The van der Waals surface area contributed by atoms with Crippen LogP contribution in [0, 0.1) is 0 Å². The number of carbonyl (C=O) groups excluding carboxylic acids is 2. The van der Waals surface area contributed by atoms with Crippen molar-refractivity contribution in [3.63, 3.8) is 0 Å². The fourth-order valence-corrected chi connectivity index (χ4v) is 1.35. The third-order valence-corrected chi connectivity index (χ3v) is 2.19. The van der Waals surface area contributed by atoms with Gasteiger partial charge in [0.1, 0.15) is 13.2 Å². The molecule has 0 saturated heterocycles. The Morgan fingerprint density at radius 2 is 1.67 bits per heavy atom. The van der Waals surface area contributed by atoms with Gasteiger partial charge in [-0.3, -0.25) is 9.59 Å². The Kier molecular flexibility index (Phi) is 5.64. The molecule has 96 valence electrons. The van der Waals surface area contributed by atoms with Gasteiger partial charge in [0.15, 0.2) is 0 Å². The maximum atomic E-state index is 10.8. The van der Waals surface area contributed by atoms with E-state index in [-0.39, 0.29) is 25.2 Å². The van der Waals surface area contributed by atoms with Crippen LogP contribution in [0.1, 0.15) is 19.4 Å². The van der Waals surface area contributed by atoms with E-state index in [4.69, 9.17) is 9.47 Å². The molecule has 0 aromatic heterocycles. The van der Waals surface area contributed by atoms with E-state index in [1.54, 1.807) is 6.08 Å².